The van der Waals surface area contributed by atoms with Crippen molar-refractivity contribution in [3.63, 3.8) is 0 Å². The minimum Gasteiger partial charge on any atom is -0.507 e. The molecule has 1 aliphatic rings. The lowest BCUT2D eigenvalue weighted by Crippen LogP contribution is -2.02. The fraction of sp³-hybridized carbons (Fsp3) is 0.286. The fourth-order valence-electron chi connectivity index (χ4n) is 0.717. The van der Waals surface area contributed by atoms with Gasteiger partial charge in [-0.1, -0.05) is 23.9 Å². The van der Waals surface area contributed by atoms with Gasteiger partial charge in [-0.05, 0) is 13.0 Å². The van der Waals surface area contributed by atoms with Crippen molar-refractivity contribution >= 4 is 17.1 Å². The summed E-state index contributed by atoms with van der Waals surface area (Å²) in [7, 11) is 0. The van der Waals surface area contributed by atoms with E-state index in [4.69, 9.17) is 17.3 Å². The molecule has 0 saturated carbocycles. The van der Waals surface area contributed by atoms with Gasteiger partial charge in [0.25, 0.3) is 0 Å². The van der Waals surface area contributed by atoms with Gasteiger partial charge in [0.1, 0.15) is 5.76 Å². The predicted octanol–water partition coefficient (Wildman–Crippen LogP) is 2.15. The summed E-state index contributed by atoms with van der Waals surface area (Å²) in [6.07, 6.45) is 4.25. The Kier molecular flexibility index (Phi) is 1.67. The van der Waals surface area contributed by atoms with Crippen LogP contribution in [0.15, 0.2) is 23.5 Å². The molecule has 0 atom stereocenters. The minimum absolute atomic E-state index is 0.246. The van der Waals surface area contributed by atoms with E-state index < -0.39 is 0 Å². The van der Waals surface area contributed by atoms with Crippen LogP contribution in [0.5, 0.6) is 0 Å². The summed E-state index contributed by atoms with van der Waals surface area (Å²) in [6.45, 7) is 2.00. The zero-order chi connectivity index (χ0) is 6.85. The largest absolute Gasteiger partial charge is 0.507 e. The molecular formula is C7H8OS. The Bertz CT molecular complexity index is 201. The number of thiocarbonyl (C=S) groups is 1. The van der Waals surface area contributed by atoms with Crippen LogP contribution in [0.25, 0.3) is 0 Å². The van der Waals surface area contributed by atoms with Crippen molar-refractivity contribution in [2.75, 3.05) is 0 Å². The summed E-state index contributed by atoms with van der Waals surface area (Å²) in [5.41, 5.74) is 1.21. The third kappa shape index (κ3) is 1.39. The highest BCUT2D eigenvalue weighted by Gasteiger charge is 2.06. The number of hydrogen-bond acceptors (Lipinski definition) is 2. The Morgan fingerprint density at radius 2 is 2.22 bits per heavy atom. The van der Waals surface area contributed by atoms with E-state index in [-0.39, 0.29) is 5.76 Å². The molecule has 0 fully saturated rings. The lowest BCUT2D eigenvalue weighted by atomic mass is 10.1. The maximum absolute atomic E-state index is 8.97. The summed E-state index contributed by atoms with van der Waals surface area (Å²) >= 11 is 4.85. The van der Waals surface area contributed by atoms with E-state index in [0.717, 1.165) is 6.42 Å². The molecule has 1 nitrogen and oxygen atoms in total. The Hall–Kier alpha value is -0.630. The van der Waals surface area contributed by atoms with Gasteiger partial charge >= 0.3 is 0 Å². The average Bonchev–Trinajstić information content (AvgIpc) is 1.80. The molecule has 1 N–H and O–H groups in total. The third-order valence-electron chi connectivity index (χ3n) is 1.25. The smallest absolute Gasteiger partial charge is 0.129 e. The Morgan fingerprint density at radius 3 is 2.67 bits per heavy atom. The van der Waals surface area contributed by atoms with Gasteiger partial charge in [-0.25, -0.2) is 0 Å². The maximum Gasteiger partial charge on any atom is 0.129 e. The first-order valence-electron chi connectivity index (χ1n) is 2.80. The van der Waals surface area contributed by atoms with Gasteiger partial charge in [-0.15, -0.1) is 0 Å². The van der Waals surface area contributed by atoms with E-state index in [1.165, 1.54) is 5.57 Å². The van der Waals surface area contributed by atoms with Crippen molar-refractivity contribution < 1.29 is 5.11 Å². The number of aliphatic hydroxyl groups excluding tert-OH is 1. The molecular weight excluding hydrogens is 132 g/mol. The van der Waals surface area contributed by atoms with Crippen LogP contribution in [0.1, 0.15) is 13.3 Å². The van der Waals surface area contributed by atoms with E-state index in [1.54, 1.807) is 6.08 Å². The predicted molar refractivity (Wildman–Crippen MR) is 41.7 cm³/mol. The fourth-order valence-corrected chi connectivity index (χ4v) is 1.01. The van der Waals surface area contributed by atoms with E-state index in [9.17, 15) is 0 Å². The molecule has 0 amide bonds. The summed E-state index contributed by atoms with van der Waals surface area (Å²) in [4.78, 5) is 0.648. The first-order valence-corrected chi connectivity index (χ1v) is 3.20. The van der Waals surface area contributed by atoms with Gasteiger partial charge < -0.3 is 5.11 Å². The Balaban J connectivity index is 2.86. The van der Waals surface area contributed by atoms with Crippen LogP contribution in [0.3, 0.4) is 0 Å². The highest BCUT2D eigenvalue weighted by Crippen LogP contribution is 2.13. The zero-order valence-electron chi connectivity index (χ0n) is 5.22. The molecule has 0 aromatic rings. The van der Waals surface area contributed by atoms with Crippen molar-refractivity contribution in [3.8, 4) is 0 Å². The van der Waals surface area contributed by atoms with Crippen molar-refractivity contribution in [1.29, 1.82) is 0 Å². The lowest BCUT2D eigenvalue weighted by Gasteiger charge is -2.06. The molecule has 2 heteroatoms. The Labute approximate surface area is 59.7 Å². The normalized spacial score (nSPS) is 19.0. The molecule has 0 spiro atoms. The molecule has 0 unspecified atom stereocenters. The zero-order valence-corrected chi connectivity index (χ0v) is 6.03. The highest BCUT2D eigenvalue weighted by atomic mass is 32.1. The van der Waals surface area contributed by atoms with Crippen LogP contribution in [-0.2, 0) is 0 Å². The van der Waals surface area contributed by atoms with Crippen molar-refractivity contribution in [2.45, 2.75) is 13.3 Å². The summed E-state index contributed by atoms with van der Waals surface area (Å²) < 4.78 is 0. The highest BCUT2D eigenvalue weighted by molar-refractivity contribution is 7.80. The summed E-state index contributed by atoms with van der Waals surface area (Å²) in [6, 6.07) is 0. The van der Waals surface area contributed by atoms with Crippen LogP contribution in [0.2, 0.25) is 0 Å². The molecule has 0 bridgehead atoms. The number of allylic oxidation sites excluding steroid dienone is 4. The third-order valence-corrected chi connectivity index (χ3v) is 1.60. The van der Waals surface area contributed by atoms with Crippen LogP contribution in [0, 0.1) is 0 Å². The second-order valence-electron chi connectivity index (χ2n) is 2.16. The van der Waals surface area contributed by atoms with Crippen molar-refractivity contribution in [2.24, 2.45) is 0 Å². The quantitative estimate of drug-likeness (QED) is 0.520. The molecule has 48 valence electrons. The van der Waals surface area contributed by atoms with Crippen LogP contribution >= 0.6 is 12.2 Å². The molecule has 0 aromatic heterocycles. The molecule has 0 radical (unpaired) electrons. The van der Waals surface area contributed by atoms with Gasteiger partial charge in [-0.3, -0.25) is 0 Å². The van der Waals surface area contributed by atoms with Crippen LogP contribution < -0.4 is 0 Å². The number of hydrogen-bond donors (Lipinski definition) is 1. The van der Waals surface area contributed by atoms with Crippen LogP contribution in [0.4, 0.5) is 0 Å². The van der Waals surface area contributed by atoms with E-state index in [1.807, 2.05) is 13.0 Å². The lowest BCUT2D eigenvalue weighted by molar-refractivity contribution is 0.443. The van der Waals surface area contributed by atoms with Gasteiger partial charge in [0.15, 0.2) is 0 Å². The topological polar surface area (TPSA) is 20.2 Å². The van der Waals surface area contributed by atoms with E-state index >= 15 is 0 Å². The summed E-state index contributed by atoms with van der Waals surface area (Å²) in [5, 5.41) is 8.97. The number of rotatable bonds is 0. The van der Waals surface area contributed by atoms with Crippen LogP contribution in [-0.4, -0.2) is 9.97 Å². The monoisotopic (exact) mass is 140 g/mol. The van der Waals surface area contributed by atoms with E-state index in [0.29, 0.717) is 4.86 Å². The first-order chi connectivity index (χ1) is 4.20. The minimum atomic E-state index is 0.246. The molecule has 1 rings (SSSR count). The SMILES string of the molecule is CC1=CC=C(O)C(=S)C1. The first kappa shape index (κ1) is 6.49. The van der Waals surface area contributed by atoms with Crippen molar-refractivity contribution in [1.82, 2.24) is 0 Å². The maximum atomic E-state index is 8.97. The van der Waals surface area contributed by atoms with E-state index in [2.05, 4.69) is 0 Å². The molecule has 0 saturated heterocycles. The molecule has 0 aromatic carbocycles. The molecule has 9 heavy (non-hydrogen) atoms. The van der Waals surface area contributed by atoms with Gasteiger partial charge in [-0.2, -0.15) is 0 Å². The standard InChI is InChI=1S/C7H8OS/c1-5-2-3-6(8)7(9)4-5/h2-3,8H,4H2,1H3. The molecule has 0 aliphatic heterocycles. The number of aliphatic hydroxyl groups is 1. The van der Waals surface area contributed by atoms with Gasteiger partial charge in [0.2, 0.25) is 0 Å². The summed E-state index contributed by atoms with van der Waals surface area (Å²) in [5.74, 6) is 0.246. The second-order valence-corrected chi connectivity index (χ2v) is 2.66. The average molecular weight is 140 g/mol. The van der Waals surface area contributed by atoms with Gasteiger partial charge in [0.05, 0.1) is 4.86 Å². The Morgan fingerprint density at radius 1 is 1.56 bits per heavy atom. The molecule has 0 heterocycles. The molecule has 1 aliphatic carbocycles. The van der Waals surface area contributed by atoms with Crippen molar-refractivity contribution in [3.05, 3.63) is 23.5 Å². The van der Waals surface area contributed by atoms with Gasteiger partial charge in [0, 0.05) is 6.42 Å². The second kappa shape index (κ2) is 2.31.